The Morgan fingerprint density at radius 2 is 2.04 bits per heavy atom. The second-order valence-electron chi connectivity index (χ2n) is 6.10. The van der Waals surface area contributed by atoms with E-state index in [1.807, 2.05) is 20.8 Å². The lowest BCUT2D eigenvalue weighted by atomic mass is 10.0. The maximum atomic E-state index is 12.7. The summed E-state index contributed by atoms with van der Waals surface area (Å²) < 4.78 is 0.770. The summed E-state index contributed by atoms with van der Waals surface area (Å²) in [6.07, 6.45) is 2.36. The minimum atomic E-state index is -0.303. The zero-order chi connectivity index (χ0) is 17.4. The monoisotopic (exact) mass is 364 g/mol. The van der Waals surface area contributed by atoms with Crippen molar-refractivity contribution in [1.29, 1.82) is 0 Å². The molecule has 6 nitrogen and oxygen atoms in total. The lowest BCUT2D eigenvalue weighted by Gasteiger charge is -2.07. The predicted octanol–water partition coefficient (Wildman–Crippen LogP) is 3.62. The molecule has 1 aliphatic carbocycles. The molecular weight excluding hydrogens is 344 g/mol. The van der Waals surface area contributed by atoms with Gasteiger partial charge >= 0.3 is 0 Å². The largest absolute Gasteiger partial charge is 0.357 e. The number of ketones is 2. The summed E-state index contributed by atoms with van der Waals surface area (Å²) >= 11 is 2.87. The van der Waals surface area contributed by atoms with Gasteiger partial charge in [0.1, 0.15) is 0 Å². The van der Waals surface area contributed by atoms with Gasteiger partial charge in [-0.15, -0.1) is 10.2 Å². The average Bonchev–Trinajstić information content (AvgIpc) is 3.13. The van der Waals surface area contributed by atoms with Crippen molar-refractivity contribution in [2.45, 2.75) is 56.2 Å². The molecule has 1 fully saturated rings. The SMILES string of the molecule is CC(=O)c1c(C)[nH]c(C(=O)[C@@H](C)Sc2nnc(NC3CC3)s2)c1C. The molecule has 0 saturated heterocycles. The number of aryl methyl sites for hydroxylation is 1. The fraction of sp³-hybridized carbons (Fsp3) is 0.500. The molecule has 0 spiro atoms. The maximum Gasteiger partial charge on any atom is 0.206 e. The second-order valence-corrected chi connectivity index (χ2v) is 8.66. The zero-order valence-electron chi connectivity index (χ0n) is 14.1. The van der Waals surface area contributed by atoms with Gasteiger partial charge in [-0.2, -0.15) is 0 Å². The summed E-state index contributed by atoms with van der Waals surface area (Å²) in [7, 11) is 0. The van der Waals surface area contributed by atoms with Crippen molar-refractivity contribution < 1.29 is 9.59 Å². The fourth-order valence-electron chi connectivity index (χ4n) is 2.65. The first-order chi connectivity index (χ1) is 11.4. The first-order valence-electron chi connectivity index (χ1n) is 7.87. The number of hydrogen-bond donors (Lipinski definition) is 2. The maximum absolute atomic E-state index is 12.7. The molecule has 1 aliphatic rings. The van der Waals surface area contributed by atoms with Crippen molar-refractivity contribution in [3.05, 3.63) is 22.5 Å². The van der Waals surface area contributed by atoms with E-state index in [1.165, 1.54) is 42.9 Å². The number of thioether (sulfide) groups is 1. The van der Waals surface area contributed by atoms with E-state index < -0.39 is 0 Å². The topological polar surface area (TPSA) is 87.7 Å². The van der Waals surface area contributed by atoms with Crippen LogP contribution in [-0.2, 0) is 0 Å². The number of nitrogens with one attached hydrogen (secondary N) is 2. The third-order valence-electron chi connectivity index (χ3n) is 3.99. The minimum Gasteiger partial charge on any atom is -0.357 e. The molecule has 0 amide bonds. The van der Waals surface area contributed by atoms with Crippen LogP contribution in [0.3, 0.4) is 0 Å². The Bertz CT molecular complexity index is 792. The number of carbonyl (C=O) groups excluding carboxylic acids is 2. The summed E-state index contributed by atoms with van der Waals surface area (Å²) in [5.74, 6) is -0.0551. The van der Waals surface area contributed by atoms with Crippen LogP contribution in [0.15, 0.2) is 4.34 Å². The quantitative estimate of drug-likeness (QED) is 0.576. The highest BCUT2D eigenvalue weighted by molar-refractivity contribution is 8.02. The molecule has 0 aromatic carbocycles. The number of aromatic amines is 1. The molecule has 128 valence electrons. The summed E-state index contributed by atoms with van der Waals surface area (Å²) in [4.78, 5) is 27.5. The molecule has 0 bridgehead atoms. The number of anilines is 1. The minimum absolute atomic E-state index is 0.0273. The summed E-state index contributed by atoms with van der Waals surface area (Å²) in [5.41, 5.74) is 2.60. The predicted molar refractivity (Wildman–Crippen MR) is 96.5 cm³/mol. The van der Waals surface area contributed by atoms with Crippen LogP contribution in [0, 0.1) is 13.8 Å². The van der Waals surface area contributed by atoms with E-state index in [0.717, 1.165) is 20.7 Å². The van der Waals surface area contributed by atoms with Gasteiger partial charge in [0.15, 0.2) is 15.9 Å². The molecule has 1 saturated carbocycles. The van der Waals surface area contributed by atoms with Crippen molar-refractivity contribution >= 4 is 39.8 Å². The summed E-state index contributed by atoms with van der Waals surface area (Å²) in [6, 6.07) is 0.532. The third kappa shape index (κ3) is 3.54. The van der Waals surface area contributed by atoms with Gasteiger partial charge in [-0.25, -0.2) is 0 Å². The van der Waals surface area contributed by atoms with Gasteiger partial charge in [0.2, 0.25) is 5.13 Å². The molecule has 2 heterocycles. The number of Topliss-reactive ketones (excluding diaryl/α,β-unsaturated/α-hetero) is 2. The molecule has 0 aliphatic heterocycles. The van der Waals surface area contributed by atoms with Gasteiger partial charge < -0.3 is 10.3 Å². The van der Waals surface area contributed by atoms with E-state index in [1.54, 1.807) is 0 Å². The van der Waals surface area contributed by atoms with Gasteiger partial charge in [0, 0.05) is 17.3 Å². The first-order valence-corrected chi connectivity index (χ1v) is 9.57. The first kappa shape index (κ1) is 17.2. The van der Waals surface area contributed by atoms with Crippen molar-refractivity contribution in [2.24, 2.45) is 0 Å². The van der Waals surface area contributed by atoms with E-state index in [9.17, 15) is 9.59 Å². The number of rotatable bonds is 7. The van der Waals surface area contributed by atoms with E-state index >= 15 is 0 Å². The Hall–Kier alpha value is -1.67. The average molecular weight is 364 g/mol. The number of aromatic nitrogens is 3. The van der Waals surface area contributed by atoms with Crippen molar-refractivity contribution in [3.63, 3.8) is 0 Å². The van der Waals surface area contributed by atoms with E-state index in [4.69, 9.17) is 0 Å². The molecule has 3 rings (SSSR count). The summed E-state index contributed by atoms with van der Waals surface area (Å²) in [6.45, 7) is 7.00. The Kier molecular flexibility index (Phi) is 4.78. The molecule has 0 radical (unpaired) electrons. The van der Waals surface area contributed by atoms with Crippen LogP contribution in [0.2, 0.25) is 0 Å². The van der Waals surface area contributed by atoms with Crippen LogP contribution in [0.25, 0.3) is 0 Å². The Morgan fingerprint density at radius 1 is 1.33 bits per heavy atom. The normalized spacial score (nSPS) is 15.3. The van der Waals surface area contributed by atoms with Crippen molar-refractivity contribution in [1.82, 2.24) is 15.2 Å². The Labute approximate surface area is 148 Å². The number of carbonyl (C=O) groups is 2. The lowest BCUT2D eigenvalue weighted by Crippen LogP contribution is -2.15. The number of H-pyrrole nitrogens is 1. The molecular formula is C16H20N4O2S2. The number of nitrogens with zero attached hydrogens (tertiary/aromatic N) is 2. The zero-order valence-corrected chi connectivity index (χ0v) is 15.7. The number of hydrogen-bond acceptors (Lipinski definition) is 7. The molecule has 2 aromatic heterocycles. The highest BCUT2D eigenvalue weighted by Crippen LogP contribution is 2.33. The van der Waals surface area contributed by atoms with Crippen molar-refractivity contribution in [2.75, 3.05) is 5.32 Å². The standard InChI is InChI=1S/C16H20N4O2S2/c1-7-12(9(3)21)8(2)17-13(7)14(22)10(4)23-16-20-19-15(24-16)18-11-5-6-11/h10-11,17H,5-6H2,1-4H3,(H,18,19)/t10-/m1/s1. The van der Waals surface area contributed by atoms with E-state index in [-0.39, 0.29) is 16.8 Å². The lowest BCUT2D eigenvalue weighted by molar-refractivity contribution is 0.0988. The van der Waals surface area contributed by atoms with Gasteiger partial charge in [-0.3, -0.25) is 9.59 Å². The van der Waals surface area contributed by atoms with Crippen LogP contribution in [-0.4, -0.2) is 38.0 Å². The second kappa shape index (κ2) is 6.68. The smallest absolute Gasteiger partial charge is 0.206 e. The highest BCUT2D eigenvalue weighted by Gasteiger charge is 2.26. The molecule has 1 atom stereocenters. The van der Waals surface area contributed by atoms with Crippen molar-refractivity contribution in [3.8, 4) is 0 Å². The molecule has 24 heavy (non-hydrogen) atoms. The van der Waals surface area contributed by atoms with Gasteiger partial charge in [0.25, 0.3) is 0 Å². The van der Waals surface area contributed by atoms with Crippen LogP contribution in [0.4, 0.5) is 5.13 Å². The molecule has 8 heteroatoms. The van der Waals surface area contributed by atoms with E-state index in [2.05, 4.69) is 20.5 Å². The Morgan fingerprint density at radius 3 is 2.62 bits per heavy atom. The molecule has 2 N–H and O–H groups in total. The van der Waals surface area contributed by atoms with Crippen LogP contribution < -0.4 is 5.32 Å². The fourth-order valence-corrected chi connectivity index (χ4v) is 4.68. The van der Waals surface area contributed by atoms with Gasteiger partial charge in [-0.05, 0) is 46.1 Å². The van der Waals surface area contributed by atoms with Gasteiger partial charge in [-0.1, -0.05) is 23.1 Å². The Balaban J connectivity index is 1.71. The van der Waals surface area contributed by atoms with Crippen LogP contribution >= 0.6 is 23.1 Å². The van der Waals surface area contributed by atoms with E-state index in [0.29, 0.717) is 17.3 Å². The summed E-state index contributed by atoms with van der Waals surface area (Å²) in [5, 5.41) is 12.1. The third-order valence-corrected chi connectivity index (χ3v) is 6.03. The van der Waals surface area contributed by atoms with Crippen LogP contribution in [0.1, 0.15) is 58.8 Å². The highest BCUT2D eigenvalue weighted by atomic mass is 32.2. The molecule has 2 aromatic rings. The van der Waals surface area contributed by atoms with Crippen LogP contribution in [0.5, 0.6) is 0 Å². The molecule has 0 unspecified atom stereocenters. The van der Waals surface area contributed by atoms with Gasteiger partial charge in [0.05, 0.1) is 10.9 Å².